The van der Waals surface area contributed by atoms with E-state index in [9.17, 15) is 14.9 Å². The number of allylic oxidation sites excluding steroid dienone is 2. The van der Waals surface area contributed by atoms with E-state index in [1.807, 2.05) is 0 Å². The van der Waals surface area contributed by atoms with Gasteiger partial charge in [-0.15, -0.1) is 0 Å². The van der Waals surface area contributed by atoms with Gasteiger partial charge in [0.2, 0.25) is 0 Å². The highest BCUT2D eigenvalue weighted by Gasteiger charge is 2.22. The van der Waals surface area contributed by atoms with Gasteiger partial charge in [-0.25, -0.2) is 4.79 Å². The topological polar surface area (TPSA) is 153 Å². The molecule has 1 aromatic rings. The lowest BCUT2D eigenvalue weighted by Gasteiger charge is -2.12. The maximum atomic E-state index is 11.8. The summed E-state index contributed by atoms with van der Waals surface area (Å²) in [4.78, 5) is 22.0. The van der Waals surface area contributed by atoms with Crippen molar-refractivity contribution in [1.82, 2.24) is 0 Å². The standard InChI is InChI=1S/C13H6IN5O4/c1-23-13(20)9-2-8(19(21)22)3-10(14)12(9)18-11(6-17)7(4-15)5-16/h2-3,18H,1H3. The molecule has 0 aliphatic heterocycles. The molecule has 0 aliphatic carbocycles. The van der Waals surface area contributed by atoms with Gasteiger partial charge in [0.15, 0.2) is 5.57 Å². The fraction of sp³-hybridized carbons (Fsp3) is 0.0769. The minimum Gasteiger partial charge on any atom is -0.465 e. The summed E-state index contributed by atoms with van der Waals surface area (Å²) in [7, 11) is 1.09. The monoisotopic (exact) mass is 423 g/mol. The third-order valence-electron chi connectivity index (χ3n) is 2.53. The molecule has 1 rings (SSSR count). The molecule has 0 bridgehead atoms. The van der Waals surface area contributed by atoms with E-state index >= 15 is 0 Å². The van der Waals surface area contributed by atoms with Gasteiger partial charge in [-0.1, -0.05) is 0 Å². The number of nitrogens with one attached hydrogen (secondary N) is 1. The number of hydrogen-bond acceptors (Lipinski definition) is 8. The predicted molar refractivity (Wildman–Crippen MR) is 84.6 cm³/mol. The van der Waals surface area contributed by atoms with Gasteiger partial charge in [-0.3, -0.25) is 10.1 Å². The first-order chi connectivity index (χ1) is 10.9. The van der Waals surface area contributed by atoms with Crippen LogP contribution in [0.25, 0.3) is 0 Å². The number of nitro benzene ring substituents is 1. The first kappa shape index (κ1) is 17.9. The number of carbonyl (C=O) groups excluding carboxylic acids is 1. The molecular weight excluding hydrogens is 417 g/mol. The fourth-order valence-electron chi connectivity index (χ4n) is 1.50. The first-order valence-corrected chi connectivity index (χ1v) is 6.75. The van der Waals surface area contributed by atoms with Crippen LogP contribution in [0, 0.1) is 47.7 Å². The smallest absolute Gasteiger partial charge is 0.340 e. The number of rotatable bonds is 4. The average Bonchev–Trinajstić information content (AvgIpc) is 2.54. The highest BCUT2D eigenvalue weighted by molar-refractivity contribution is 14.1. The lowest BCUT2D eigenvalue weighted by Crippen LogP contribution is -2.11. The quantitative estimate of drug-likeness (QED) is 0.254. The second-order valence-corrected chi connectivity index (χ2v) is 4.97. The number of nitriles is 3. The zero-order valence-corrected chi connectivity index (χ0v) is 13.6. The van der Waals surface area contributed by atoms with Crippen LogP contribution in [0.2, 0.25) is 0 Å². The summed E-state index contributed by atoms with van der Waals surface area (Å²) in [6.45, 7) is 0. The molecule has 114 valence electrons. The zero-order valence-electron chi connectivity index (χ0n) is 11.5. The Morgan fingerprint density at radius 2 is 1.91 bits per heavy atom. The molecule has 0 unspecified atom stereocenters. The molecule has 0 spiro atoms. The molecule has 0 radical (unpaired) electrons. The summed E-state index contributed by atoms with van der Waals surface area (Å²) < 4.78 is 4.80. The number of nitro groups is 1. The van der Waals surface area contributed by atoms with E-state index in [0.29, 0.717) is 0 Å². The van der Waals surface area contributed by atoms with E-state index in [4.69, 9.17) is 15.8 Å². The lowest BCUT2D eigenvalue weighted by molar-refractivity contribution is -0.385. The van der Waals surface area contributed by atoms with E-state index in [1.54, 1.807) is 40.8 Å². The van der Waals surface area contributed by atoms with Crippen molar-refractivity contribution in [2.24, 2.45) is 0 Å². The van der Waals surface area contributed by atoms with E-state index in [-0.39, 0.29) is 26.2 Å². The summed E-state index contributed by atoms with van der Waals surface area (Å²) in [5, 5.41) is 40.0. The Kier molecular flexibility index (Phi) is 6.01. The Balaban J connectivity index is 3.60. The second kappa shape index (κ2) is 7.73. The van der Waals surface area contributed by atoms with Crippen LogP contribution in [0.4, 0.5) is 11.4 Å². The van der Waals surface area contributed by atoms with E-state index < -0.39 is 16.5 Å². The number of ether oxygens (including phenoxy) is 1. The molecule has 23 heavy (non-hydrogen) atoms. The lowest BCUT2D eigenvalue weighted by atomic mass is 10.1. The van der Waals surface area contributed by atoms with Crippen molar-refractivity contribution in [3.8, 4) is 18.2 Å². The summed E-state index contributed by atoms with van der Waals surface area (Å²) >= 11 is 1.72. The van der Waals surface area contributed by atoms with Crippen molar-refractivity contribution in [2.75, 3.05) is 12.4 Å². The highest BCUT2D eigenvalue weighted by atomic mass is 127. The molecule has 0 heterocycles. The Hall–Kier alpha value is -3.17. The molecule has 10 heteroatoms. The number of carbonyl (C=O) groups is 1. The SMILES string of the molecule is COC(=O)c1cc([N+](=O)[O-])cc(I)c1NC(C#N)=C(C#N)C#N. The maximum absolute atomic E-state index is 11.8. The van der Waals surface area contributed by atoms with Crippen LogP contribution in [0.5, 0.6) is 0 Å². The number of hydrogen-bond donors (Lipinski definition) is 1. The minimum absolute atomic E-state index is 0.0302. The number of methoxy groups -OCH3 is 1. The van der Waals surface area contributed by atoms with Crippen molar-refractivity contribution in [2.45, 2.75) is 0 Å². The number of halogens is 1. The van der Waals surface area contributed by atoms with Crippen molar-refractivity contribution >= 4 is 39.9 Å². The maximum Gasteiger partial charge on any atom is 0.340 e. The number of benzene rings is 1. The summed E-state index contributed by atoms with van der Waals surface area (Å²) in [6, 6.07) is 6.86. The van der Waals surface area contributed by atoms with Gasteiger partial charge in [-0.2, -0.15) is 15.8 Å². The molecule has 0 aromatic heterocycles. The van der Waals surface area contributed by atoms with E-state index in [2.05, 4.69) is 10.1 Å². The Morgan fingerprint density at radius 1 is 1.30 bits per heavy atom. The van der Waals surface area contributed by atoms with Crippen molar-refractivity contribution in [1.29, 1.82) is 15.8 Å². The van der Waals surface area contributed by atoms with Crippen LogP contribution >= 0.6 is 22.6 Å². The van der Waals surface area contributed by atoms with Crippen LogP contribution in [-0.4, -0.2) is 18.0 Å². The molecule has 0 aliphatic rings. The predicted octanol–water partition coefficient (Wildman–Crippen LogP) is 2.22. The largest absolute Gasteiger partial charge is 0.465 e. The van der Waals surface area contributed by atoms with Crippen LogP contribution < -0.4 is 5.32 Å². The Bertz CT molecular complexity index is 826. The van der Waals surface area contributed by atoms with Crippen LogP contribution in [-0.2, 0) is 4.74 Å². The number of nitrogens with zero attached hydrogens (tertiary/aromatic N) is 4. The molecule has 0 atom stereocenters. The van der Waals surface area contributed by atoms with Gasteiger partial charge in [0.05, 0.1) is 23.3 Å². The first-order valence-electron chi connectivity index (χ1n) is 5.67. The van der Waals surface area contributed by atoms with Crippen molar-refractivity contribution < 1.29 is 14.5 Å². The molecule has 9 nitrogen and oxygen atoms in total. The molecular formula is C13H6IN5O4. The number of esters is 1. The van der Waals surface area contributed by atoms with Gasteiger partial charge in [0, 0.05) is 15.7 Å². The normalized spacial score (nSPS) is 8.83. The molecule has 0 fully saturated rings. The third kappa shape index (κ3) is 3.93. The van der Waals surface area contributed by atoms with Gasteiger partial charge in [0.1, 0.15) is 23.9 Å². The Morgan fingerprint density at radius 3 is 2.35 bits per heavy atom. The number of non-ortho nitro benzene ring substituents is 1. The number of anilines is 1. The van der Waals surface area contributed by atoms with E-state index in [0.717, 1.165) is 13.2 Å². The average molecular weight is 423 g/mol. The van der Waals surface area contributed by atoms with Gasteiger partial charge >= 0.3 is 5.97 Å². The van der Waals surface area contributed by atoms with E-state index in [1.165, 1.54) is 6.07 Å². The summed E-state index contributed by atoms with van der Waals surface area (Å²) in [5.74, 6) is -0.873. The van der Waals surface area contributed by atoms with Crippen molar-refractivity contribution in [3.05, 3.63) is 42.7 Å². The van der Waals surface area contributed by atoms with Gasteiger partial charge < -0.3 is 10.1 Å². The fourth-order valence-corrected chi connectivity index (χ4v) is 2.25. The van der Waals surface area contributed by atoms with Crippen LogP contribution in [0.1, 0.15) is 10.4 Å². The van der Waals surface area contributed by atoms with Crippen molar-refractivity contribution in [3.63, 3.8) is 0 Å². The second-order valence-electron chi connectivity index (χ2n) is 3.81. The van der Waals surface area contributed by atoms with Crippen LogP contribution in [0.3, 0.4) is 0 Å². The molecule has 1 aromatic carbocycles. The highest BCUT2D eigenvalue weighted by Crippen LogP contribution is 2.30. The van der Waals surface area contributed by atoms with Gasteiger partial charge in [-0.05, 0) is 22.6 Å². The summed E-state index contributed by atoms with van der Waals surface area (Å²) in [6.07, 6.45) is 0. The molecule has 0 saturated heterocycles. The molecule has 0 saturated carbocycles. The van der Waals surface area contributed by atoms with Crippen LogP contribution in [0.15, 0.2) is 23.4 Å². The minimum atomic E-state index is -0.873. The van der Waals surface area contributed by atoms with Gasteiger partial charge in [0.25, 0.3) is 5.69 Å². The molecule has 0 amide bonds. The third-order valence-corrected chi connectivity index (χ3v) is 3.38. The molecule has 1 N–H and O–H groups in total. The zero-order chi connectivity index (χ0) is 17.6. The Labute approximate surface area is 143 Å². The summed E-state index contributed by atoms with van der Waals surface area (Å²) in [5.41, 5.74) is -1.38.